The number of esters is 1. The molecule has 1 N–H and O–H groups in total. The molecular weight excluding hydrogens is 361 g/mol. The number of nitrogens with one attached hydrogen (secondary N) is 1. The van der Waals surface area contributed by atoms with E-state index in [1.807, 2.05) is 0 Å². The van der Waals surface area contributed by atoms with E-state index < -0.39 is 11.7 Å². The molecule has 7 nitrogen and oxygen atoms in total. The second kappa shape index (κ2) is 7.87. The molecule has 9 heteroatoms. The summed E-state index contributed by atoms with van der Waals surface area (Å²) < 4.78 is 23.1. The minimum absolute atomic E-state index is 0.0340. The topological polar surface area (TPSA) is 94.3 Å². The molecule has 0 fully saturated rings. The van der Waals surface area contributed by atoms with Crippen LogP contribution in [0.4, 0.5) is 9.52 Å². The van der Waals surface area contributed by atoms with Crippen molar-refractivity contribution in [3.8, 4) is 11.3 Å². The van der Waals surface area contributed by atoms with E-state index in [1.165, 1.54) is 29.5 Å². The molecule has 3 rings (SSSR count). The summed E-state index contributed by atoms with van der Waals surface area (Å²) in [7, 11) is 0. The third kappa shape index (κ3) is 4.31. The Morgan fingerprint density at radius 1 is 1.35 bits per heavy atom. The SMILES string of the molecule is CCOC(=O)Cc1csc(NC(=O)c2cc(-c3cccc(F)c3)no2)n1. The number of benzene rings is 1. The summed E-state index contributed by atoms with van der Waals surface area (Å²) in [4.78, 5) is 27.8. The summed E-state index contributed by atoms with van der Waals surface area (Å²) >= 11 is 1.18. The Morgan fingerprint density at radius 2 is 2.19 bits per heavy atom. The first-order chi connectivity index (χ1) is 12.5. The smallest absolute Gasteiger partial charge is 0.311 e. The molecule has 3 aromatic rings. The Bertz CT molecular complexity index is 937. The number of halogens is 1. The number of aromatic nitrogens is 2. The van der Waals surface area contributed by atoms with Crippen LogP contribution in [0, 0.1) is 5.82 Å². The van der Waals surface area contributed by atoms with E-state index in [9.17, 15) is 14.0 Å². The molecule has 0 aliphatic carbocycles. The van der Waals surface area contributed by atoms with Crippen LogP contribution in [-0.2, 0) is 16.0 Å². The van der Waals surface area contributed by atoms with Crippen molar-refractivity contribution in [1.29, 1.82) is 0 Å². The Labute approximate surface area is 151 Å². The molecule has 26 heavy (non-hydrogen) atoms. The lowest BCUT2D eigenvalue weighted by Crippen LogP contribution is -2.11. The van der Waals surface area contributed by atoms with Gasteiger partial charge in [-0.25, -0.2) is 9.37 Å². The first kappa shape index (κ1) is 17.7. The molecule has 1 aromatic carbocycles. The average Bonchev–Trinajstić information content (AvgIpc) is 3.25. The molecular formula is C17H14FN3O4S. The molecule has 134 valence electrons. The van der Waals surface area contributed by atoms with Crippen LogP contribution in [0.1, 0.15) is 23.2 Å². The van der Waals surface area contributed by atoms with Gasteiger partial charge >= 0.3 is 5.97 Å². The number of nitrogens with zero attached hydrogens (tertiary/aromatic N) is 2. The maximum Gasteiger partial charge on any atom is 0.311 e. The maximum absolute atomic E-state index is 13.3. The van der Waals surface area contributed by atoms with Gasteiger partial charge in [0, 0.05) is 17.0 Å². The number of hydrogen-bond donors (Lipinski definition) is 1. The van der Waals surface area contributed by atoms with Crippen LogP contribution in [0.25, 0.3) is 11.3 Å². The molecule has 0 bridgehead atoms. The minimum Gasteiger partial charge on any atom is -0.466 e. The van der Waals surface area contributed by atoms with Gasteiger partial charge in [-0.15, -0.1) is 11.3 Å². The second-order valence-corrected chi connectivity index (χ2v) is 6.02. The Hall–Kier alpha value is -3.07. The summed E-state index contributed by atoms with van der Waals surface area (Å²) in [6.07, 6.45) is 0.0340. The van der Waals surface area contributed by atoms with Crippen LogP contribution < -0.4 is 5.32 Å². The number of hydrogen-bond acceptors (Lipinski definition) is 7. The number of rotatable bonds is 6. The van der Waals surface area contributed by atoms with E-state index in [0.29, 0.717) is 28.7 Å². The molecule has 0 saturated heterocycles. The van der Waals surface area contributed by atoms with Crippen molar-refractivity contribution in [3.05, 3.63) is 53.0 Å². The maximum atomic E-state index is 13.3. The van der Waals surface area contributed by atoms with Gasteiger partial charge in [-0.1, -0.05) is 17.3 Å². The third-order valence-electron chi connectivity index (χ3n) is 3.26. The molecule has 0 atom stereocenters. The van der Waals surface area contributed by atoms with Crippen molar-refractivity contribution in [2.75, 3.05) is 11.9 Å². The summed E-state index contributed by atoms with van der Waals surface area (Å²) in [5.74, 6) is -1.37. The lowest BCUT2D eigenvalue weighted by molar-refractivity contribution is -0.142. The molecule has 1 amide bonds. The van der Waals surface area contributed by atoms with E-state index in [4.69, 9.17) is 9.26 Å². The fraction of sp³-hybridized carbons (Fsp3) is 0.176. The van der Waals surface area contributed by atoms with Crippen LogP contribution in [0.2, 0.25) is 0 Å². The fourth-order valence-electron chi connectivity index (χ4n) is 2.13. The summed E-state index contributed by atoms with van der Waals surface area (Å²) in [6.45, 7) is 2.02. The van der Waals surface area contributed by atoms with Gasteiger partial charge in [0.15, 0.2) is 5.13 Å². The predicted octanol–water partition coefficient (Wildman–Crippen LogP) is 3.30. The van der Waals surface area contributed by atoms with Crippen LogP contribution in [-0.4, -0.2) is 28.6 Å². The third-order valence-corrected chi connectivity index (χ3v) is 4.06. The molecule has 2 heterocycles. The van der Waals surface area contributed by atoms with Crippen LogP contribution in [0.3, 0.4) is 0 Å². The van der Waals surface area contributed by atoms with Crippen molar-refractivity contribution < 1.29 is 23.2 Å². The van der Waals surface area contributed by atoms with Crippen molar-refractivity contribution in [2.24, 2.45) is 0 Å². The lowest BCUT2D eigenvalue weighted by Gasteiger charge is -1.98. The number of ether oxygens (including phenoxy) is 1. The van der Waals surface area contributed by atoms with E-state index >= 15 is 0 Å². The fourth-order valence-corrected chi connectivity index (χ4v) is 2.84. The predicted molar refractivity (Wildman–Crippen MR) is 92.3 cm³/mol. The van der Waals surface area contributed by atoms with E-state index in [2.05, 4.69) is 15.5 Å². The van der Waals surface area contributed by atoms with Gasteiger partial charge in [-0.3, -0.25) is 14.9 Å². The van der Waals surface area contributed by atoms with Crippen molar-refractivity contribution >= 4 is 28.3 Å². The van der Waals surface area contributed by atoms with Gasteiger partial charge in [0.25, 0.3) is 5.91 Å². The highest BCUT2D eigenvalue weighted by Gasteiger charge is 2.16. The molecule has 0 aliphatic rings. The van der Waals surface area contributed by atoms with E-state index in [-0.39, 0.29) is 18.2 Å². The first-order valence-corrected chi connectivity index (χ1v) is 8.57. The highest BCUT2D eigenvalue weighted by molar-refractivity contribution is 7.14. The molecule has 0 saturated carbocycles. The highest BCUT2D eigenvalue weighted by Crippen LogP contribution is 2.21. The van der Waals surface area contributed by atoms with Gasteiger partial charge in [0.2, 0.25) is 5.76 Å². The Morgan fingerprint density at radius 3 is 2.96 bits per heavy atom. The molecule has 0 aliphatic heterocycles. The van der Waals surface area contributed by atoms with Crippen LogP contribution >= 0.6 is 11.3 Å². The Kier molecular flexibility index (Phi) is 5.37. The molecule has 0 unspecified atom stereocenters. The first-order valence-electron chi connectivity index (χ1n) is 7.69. The van der Waals surface area contributed by atoms with E-state index in [0.717, 1.165) is 0 Å². The normalized spacial score (nSPS) is 10.5. The lowest BCUT2D eigenvalue weighted by atomic mass is 10.1. The largest absolute Gasteiger partial charge is 0.466 e. The minimum atomic E-state index is -0.544. The van der Waals surface area contributed by atoms with Gasteiger partial charge < -0.3 is 9.26 Å². The molecule has 2 aromatic heterocycles. The number of thiazole rings is 1. The van der Waals surface area contributed by atoms with E-state index in [1.54, 1.807) is 24.4 Å². The van der Waals surface area contributed by atoms with Crippen LogP contribution in [0.5, 0.6) is 0 Å². The monoisotopic (exact) mass is 375 g/mol. The van der Waals surface area contributed by atoms with Gasteiger partial charge in [0.1, 0.15) is 11.5 Å². The summed E-state index contributed by atoms with van der Waals surface area (Å²) in [5, 5.41) is 8.32. The van der Waals surface area contributed by atoms with Crippen molar-refractivity contribution in [2.45, 2.75) is 13.3 Å². The molecule has 0 spiro atoms. The number of amides is 1. The number of anilines is 1. The standard InChI is InChI=1S/C17H14FN3O4S/c1-2-24-15(22)7-12-9-26-17(19-12)20-16(23)14-8-13(21-25-14)10-4-3-5-11(18)6-10/h3-6,8-9H,2,7H2,1H3,(H,19,20,23). The van der Waals surface area contributed by atoms with Gasteiger partial charge in [0.05, 0.1) is 18.7 Å². The summed E-state index contributed by atoms with van der Waals surface area (Å²) in [6, 6.07) is 7.22. The summed E-state index contributed by atoms with van der Waals surface area (Å²) in [5.41, 5.74) is 1.34. The van der Waals surface area contributed by atoms with Gasteiger partial charge in [-0.2, -0.15) is 0 Å². The van der Waals surface area contributed by atoms with Crippen molar-refractivity contribution in [3.63, 3.8) is 0 Å². The highest BCUT2D eigenvalue weighted by atomic mass is 32.1. The zero-order valence-electron chi connectivity index (χ0n) is 13.7. The average molecular weight is 375 g/mol. The quantitative estimate of drug-likeness (QED) is 0.665. The number of carbonyl (C=O) groups is 2. The number of carbonyl (C=O) groups excluding carboxylic acids is 2. The second-order valence-electron chi connectivity index (χ2n) is 5.17. The zero-order valence-corrected chi connectivity index (χ0v) is 14.5. The Balaban J connectivity index is 1.66. The molecule has 0 radical (unpaired) electrons. The van der Waals surface area contributed by atoms with Crippen LogP contribution in [0.15, 0.2) is 40.2 Å². The van der Waals surface area contributed by atoms with Crippen molar-refractivity contribution in [1.82, 2.24) is 10.1 Å². The van der Waals surface area contributed by atoms with Gasteiger partial charge in [-0.05, 0) is 19.1 Å². The zero-order chi connectivity index (χ0) is 18.5.